The van der Waals surface area contributed by atoms with Gasteiger partial charge in [0.05, 0.1) is 12.2 Å². The van der Waals surface area contributed by atoms with Crippen LogP contribution in [-0.2, 0) is 19.1 Å². The molecule has 2 amide bonds. The molecule has 1 saturated heterocycles. The number of aromatic nitrogens is 1. The Balaban J connectivity index is 1.22. The number of ether oxygens (including phenoxy) is 1. The fourth-order valence-electron chi connectivity index (χ4n) is 4.81. The summed E-state index contributed by atoms with van der Waals surface area (Å²) in [5.41, 5.74) is 3.85. The van der Waals surface area contributed by atoms with Gasteiger partial charge in [0, 0.05) is 62.9 Å². The van der Waals surface area contributed by atoms with E-state index < -0.39 is 11.7 Å². The van der Waals surface area contributed by atoms with Crippen LogP contribution in [0.2, 0.25) is 0 Å². The highest BCUT2D eigenvalue weighted by atomic mass is 19.4. The van der Waals surface area contributed by atoms with Gasteiger partial charge in [0.15, 0.2) is 0 Å². The normalized spacial score (nSPS) is 13.5. The molecule has 3 aromatic carbocycles. The van der Waals surface area contributed by atoms with Crippen LogP contribution in [0.5, 0.6) is 5.75 Å². The van der Waals surface area contributed by atoms with Crippen molar-refractivity contribution < 1.29 is 22.7 Å². The van der Waals surface area contributed by atoms with E-state index in [2.05, 4.69) is 25.8 Å². The molecule has 0 unspecified atom stereocenters. The van der Waals surface area contributed by atoms with Gasteiger partial charge in [0.1, 0.15) is 5.75 Å². The Bertz CT molecular complexity index is 1470. The minimum absolute atomic E-state index is 0.272. The number of hydrogen-bond donors (Lipinski definition) is 3. The number of piperazine rings is 1. The third-order valence-electron chi connectivity index (χ3n) is 7.00. The van der Waals surface area contributed by atoms with E-state index in [9.17, 15) is 18.0 Å². The first-order valence-corrected chi connectivity index (χ1v) is 13.8. The number of pyridine rings is 1. The number of carbonyl (C=O) groups excluding carboxylic acids is 1. The zero-order valence-electron chi connectivity index (χ0n) is 23.0. The van der Waals surface area contributed by atoms with Crippen molar-refractivity contribution in [1.82, 2.24) is 15.6 Å². The minimum atomic E-state index is -4.44. The number of benzene rings is 3. The van der Waals surface area contributed by atoms with Crippen LogP contribution in [0, 0.1) is 0 Å². The molecule has 1 aliphatic heterocycles. The van der Waals surface area contributed by atoms with Gasteiger partial charge >= 0.3 is 12.2 Å². The molecule has 0 radical (unpaired) electrons. The Hall–Kier alpha value is -4.57. The zero-order valence-corrected chi connectivity index (χ0v) is 23.0. The Morgan fingerprint density at radius 3 is 2.52 bits per heavy atom. The predicted molar refractivity (Wildman–Crippen MR) is 158 cm³/mol. The molecule has 1 aromatic heterocycles. The molecule has 1 aliphatic rings. The molecular formula is C32H32F3N5O2. The van der Waals surface area contributed by atoms with E-state index in [-0.39, 0.29) is 12.6 Å². The molecule has 0 aliphatic carbocycles. The molecule has 3 N–H and O–H groups in total. The van der Waals surface area contributed by atoms with Crippen LogP contribution in [0.15, 0.2) is 91.3 Å². The number of urea groups is 1. The quantitative estimate of drug-likeness (QED) is 0.224. The predicted octanol–water partition coefficient (Wildman–Crippen LogP) is 6.12. The largest absolute Gasteiger partial charge is 0.493 e. The second-order valence-electron chi connectivity index (χ2n) is 9.95. The Morgan fingerprint density at radius 2 is 1.79 bits per heavy atom. The average molecular weight is 576 g/mol. The van der Waals surface area contributed by atoms with Gasteiger partial charge in [-0.25, -0.2) is 4.79 Å². The van der Waals surface area contributed by atoms with Crippen LogP contribution in [0.1, 0.15) is 16.7 Å². The average Bonchev–Trinajstić information content (AvgIpc) is 3.01. The van der Waals surface area contributed by atoms with Crippen molar-refractivity contribution in [1.29, 1.82) is 0 Å². The molecule has 218 valence electrons. The van der Waals surface area contributed by atoms with E-state index in [1.165, 1.54) is 12.1 Å². The van der Waals surface area contributed by atoms with Gasteiger partial charge in [-0.1, -0.05) is 24.3 Å². The first kappa shape index (κ1) is 28.9. The first-order valence-electron chi connectivity index (χ1n) is 13.8. The summed E-state index contributed by atoms with van der Waals surface area (Å²) in [7, 11) is 0. The van der Waals surface area contributed by atoms with E-state index >= 15 is 0 Å². The summed E-state index contributed by atoms with van der Waals surface area (Å²) in [5.74, 6) is 0.588. The molecule has 0 spiro atoms. The Labute approximate surface area is 242 Å². The maximum absolute atomic E-state index is 13.6. The van der Waals surface area contributed by atoms with Gasteiger partial charge in [0.25, 0.3) is 0 Å². The van der Waals surface area contributed by atoms with Gasteiger partial charge in [-0.15, -0.1) is 0 Å². The van der Waals surface area contributed by atoms with Crippen LogP contribution in [0.4, 0.5) is 29.3 Å². The maximum Gasteiger partial charge on any atom is 0.416 e. The Morgan fingerprint density at radius 1 is 0.976 bits per heavy atom. The Kier molecular flexibility index (Phi) is 9.23. The van der Waals surface area contributed by atoms with Crippen molar-refractivity contribution in [2.45, 2.75) is 19.1 Å². The van der Waals surface area contributed by atoms with Gasteiger partial charge in [0.2, 0.25) is 0 Å². The summed E-state index contributed by atoms with van der Waals surface area (Å²) in [6.45, 7) is 4.05. The van der Waals surface area contributed by atoms with Crippen molar-refractivity contribution in [2.24, 2.45) is 0 Å². The summed E-state index contributed by atoms with van der Waals surface area (Å²) in [4.78, 5) is 18.5. The number of anilines is 2. The summed E-state index contributed by atoms with van der Waals surface area (Å²) in [5, 5.41) is 8.86. The smallest absolute Gasteiger partial charge is 0.416 e. The molecular weight excluding hydrogens is 543 g/mol. The van der Waals surface area contributed by atoms with E-state index in [1.807, 2.05) is 30.3 Å². The number of hydrogen-bond acceptors (Lipinski definition) is 5. The van der Waals surface area contributed by atoms with E-state index in [1.54, 1.807) is 42.7 Å². The molecule has 0 saturated carbocycles. The van der Waals surface area contributed by atoms with Crippen molar-refractivity contribution in [3.8, 4) is 16.9 Å². The standard InChI is InChI=1S/C32H32F3N5O2/c33-32(34,35)26-7-6-24(30(20-26)25-4-1-5-28(19-25)40-16-14-36-15-17-40)12-18-42-29-10-8-27(9-11-29)39-31(41)38-22-23-3-2-13-37-21-23/h1-11,13,19-21,36H,12,14-18,22H2,(H2,38,39,41). The monoisotopic (exact) mass is 575 g/mol. The number of halogens is 3. The highest BCUT2D eigenvalue weighted by molar-refractivity contribution is 5.89. The second kappa shape index (κ2) is 13.4. The van der Waals surface area contributed by atoms with Gasteiger partial charge in [-0.05, 0) is 76.9 Å². The number of amides is 2. The zero-order chi connectivity index (χ0) is 29.4. The van der Waals surface area contributed by atoms with Crippen molar-refractivity contribution in [3.63, 3.8) is 0 Å². The molecule has 2 heterocycles. The van der Waals surface area contributed by atoms with E-state index in [4.69, 9.17) is 4.74 Å². The molecule has 5 rings (SSSR count). The fraction of sp³-hybridized carbons (Fsp3) is 0.250. The molecule has 4 aromatic rings. The topological polar surface area (TPSA) is 78.5 Å². The third kappa shape index (κ3) is 7.79. The lowest BCUT2D eigenvalue weighted by atomic mass is 9.95. The fourth-order valence-corrected chi connectivity index (χ4v) is 4.81. The molecule has 1 fully saturated rings. The third-order valence-corrected chi connectivity index (χ3v) is 7.00. The van der Waals surface area contributed by atoms with Crippen molar-refractivity contribution in [3.05, 3.63) is 108 Å². The highest BCUT2D eigenvalue weighted by Crippen LogP contribution is 2.35. The van der Waals surface area contributed by atoms with Gasteiger partial charge in [-0.3, -0.25) is 4.98 Å². The number of alkyl halides is 3. The van der Waals surface area contributed by atoms with E-state index in [0.29, 0.717) is 30.0 Å². The van der Waals surface area contributed by atoms with Crippen LogP contribution in [0.3, 0.4) is 0 Å². The van der Waals surface area contributed by atoms with Gasteiger partial charge < -0.3 is 25.6 Å². The van der Waals surface area contributed by atoms with Crippen LogP contribution in [-0.4, -0.2) is 43.8 Å². The van der Waals surface area contributed by atoms with Crippen LogP contribution < -0.4 is 25.6 Å². The lowest BCUT2D eigenvalue weighted by Gasteiger charge is -2.30. The van der Waals surface area contributed by atoms with Crippen LogP contribution in [0.25, 0.3) is 11.1 Å². The van der Waals surface area contributed by atoms with Crippen molar-refractivity contribution >= 4 is 17.4 Å². The number of rotatable bonds is 9. The SMILES string of the molecule is O=C(NCc1cccnc1)Nc1ccc(OCCc2ccc(C(F)(F)F)cc2-c2cccc(N3CCNCC3)c2)cc1. The lowest BCUT2D eigenvalue weighted by Crippen LogP contribution is -2.43. The molecule has 7 nitrogen and oxygen atoms in total. The second-order valence-corrected chi connectivity index (χ2v) is 9.95. The molecule has 42 heavy (non-hydrogen) atoms. The number of nitrogens with zero attached hydrogens (tertiary/aromatic N) is 2. The van der Waals surface area contributed by atoms with Gasteiger partial charge in [-0.2, -0.15) is 13.2 Å². The lowest BCUT2D eigenvalue weighted by molar-refractivity contribution is -0.137. The van der Waals surface area contributed by atoms with Crippen LogP contribution >= 0.6 is 0 Å². The molecule has 0 atom stereocenters. The van der Waals surface area contributed by atoms with Crippen molar-refractivity contribution in [2.75, 3.05) is 43.0 Å². The first-order chi connectivity index (χ1) is 20.3. The molecule has 10 heteroatoms. The summed E-state index contributed by atoms with van der Waals surface area (Å²) in [6.07, 6.45) is -0.666. The summed E-state index contributed by atoms with van der Waals surface area (Å²) >= 11 is 0. The molecule has 0 bridgehead atoms. The highest BCUT2D eigenvalue weighted by Gasteiger charge is 2.31. The summed E-state index contributed by atoms with van der Waals surface area (Å²) in [6, 6.07) is 21.8. The summed E-state index contributed by atoms with van der Waals surface area (Å²) < 4.78 is 46.8. The number of carbonyl (C=O) groups is 1. The maximum atomic E-state index is 13.6. The minimum Gasteiger partial charge on any atom is -0.493 e. The number of nitrogens with one attached hydrogen (secondary N) is 3. The van der Waals surface area contributed by atoms with E-state index in [0.717, 1.165) is 54.6 Å².